The third kappa shape index (κ3) is 3.10. The molecule has 2 heterocycles. The van der Waals surface area contributed by atoms with Crippen LogP contribution in [0, 0.1) is 11.3 Å². The second-order valence-electron chi connectivity index (χ2n) is 5.17. The van der Waals surface area contributed by atoms with Gasteiger partial charge in [0.25, 0.3) is 5.91 Å². The summed E-state index contributed by atoms with van der Waals surface area (Å²) in [6, 6.07) is 2.18. The highest BCUT2D eigenvalue weighted by molar-refractivity contribution is 7.16. The molecule has 0 unspecified atom stereocenters. The number of anilines is 1. The van der Waals surface area contributed by atoms with E-state index in [4.69, 9.17) is 46.4 Å². The van der Waals surface area contributed by atoms with Crippen LogP contribution in [0.25, 0.3) is 0 Å². The van der Waals surface area contributed by atoms with Gasteiger partial charge in [-0.05, 0) is 31.2 Å². The van der Waals surface area contributed by atoms with E-state index in [1.807, 2.05) is 0 Å². The van der Waals surface area contributed by atoms with E-state index in [9.17, 15) is 10.1 Å². The van der Waals surface area contributed by atoms with Gasteiger partial charge in [0.2, 0.25) is 0 Å². The monoisotopic (exact) mass is 419 g/mol. The first kappa shape index (κ1) is 17.8. The number of pyridine rings is 1. The molecule has 2 aromatic rings. The zero-order valence-corrected chi connectivity index (χ0v) is 15.9. The molecule has 1 aliphatic rings. The molecule has 3 rings (SSSR count). The van der Waals surface area contributed by atoms with Crippen LogP contribution >= 0.6 is 57.7 Å². The Kier molecular flexibility index (Phi) is 5.24. The van der Waals surface area contributed by atoms with Crippen molar-refractivity contribution in [1.82, 2.24) is 4.98 Å². The lowest BCUT2D eigenvalue weighted by atomic mass is 9.96. The third-order valence-electron chi connectivity index (χ3n) is 3.71. The average Bonchev–Trinajstić information content (AvgIpc) is 2.93. The molecule has 124 valence electrons. The van der Waals surface area contributed by atoms with Crippen molar-refractivity contribution in [2.24, 2.45) is 0 Å². The summed E-state index contributed by atoms with van der Waals surface area (Å²) in [4.78, 5) is 17.5. The lowest BCUT2D eigenvalue weighted by molar-refractivity contribution is 0.102. The second-order valence-corrected chi connectivity index (χ2v) is 7.77. The number of hydrogen-bond donors (Lipinski definition) is 1. The minimum Gasteiger partial charge on any atom is -0.311 e. The minimum absolute atomic E-state index is 0.0100. The van der Waals surface area contributed by atoms with Gasteiger partial charge in [0.15, 0.2) is 5.69 Å². The van der Waals surface area contributed by atoms with Crippen LogP contribution in [0.1, 0.15) is 39.3 Å². The van der Waals surface area contributed by atoms with Crippen molar-refractivity contribution in [3.8, 4) is 6.07 Å². The van der Waals surface area contributed by atoms with Crippen molar-refractivity contribution in [2.75, 3.05) is 5.32 Å². The van der Waals surface area contributed by atoms with Crippen molar-refractivity contribution in [2.45, 2.75) is 25.7 Å². The van der Waals surface area contributed by atoms with Gasteiger partial charge in [0.05, 0.1) is 20.6 Å². The SMILES string of the molecule is N#Cc1c(NC(=O)c2nc(Cl)c(Cl)c(Cl)c2Cl)sc2c1CCCC2. The predicted molar refractivity (Wildman–Crippen MR) is 97.9 cm³/mol. The zero-order valence-electron chi connectivity index (χ0n) is 12.1. The van der Waals surface area contributed by atoms with Crippen LogP contribution in [-0.2, 0) is 12.8 Å². The van der Waals surface area contributed by atoms with Crippen molar-refractivity contribution in [3.05, 3.63) is 41.9 Å². The first-order valence-corrected chi connectivity index (χ1v) is 9.32. The Morgan fingerprint density at radius 3 is 2.54 bits per heavy atom. The van der Waals surface area contributed by atoms with E-state index < -0.39 is 5.91 Å². The van der Waals surface area contributed by atoms with Crippen LogP contribution in [0.4, 0.5) is 5.00 Å². The second kappa shape index (κ2) is 7.07. The van der Waals surface area contributed by atoms with Gasteiger partial charge in [-0.15, -0.1) is 11.3 Å². The fourth-order valence-corrected chi connectivity index (χ4v) is 4.62. The standard InChI is InChI=1S/C15H9Cl4N3OS/c16-9-10(17)12(21-13(19)11(9)18)14(23)22-15-7(5-20)6-3-1-2-4-8(6)24-15/h1-4H2,(H,22,23). The molecule has 0 fully saturated rings. The van der Waals surface area contributed by atoms with Crippen molar-refractivity contribution < 1.29 is 4.79 Å². The Bertz CT molecular complexity index is 888. The number of nitrogens with zero attached hydrogens (tertiary/aromatic N) is 2. The van der Waals surface area contributed by atoms with Crippen LogP contribution in [0.15, 0.2) is 0 Å². The van der Waals surface area contributed by atoms with Crippen LogP contribution in [0.2, 0.25) is 20.2 Å². The van der Waals surface area contributed by atoms with Gasteiger partial charge in [-0.2, -0.15) is 5.26 Å². The molecule has 0 saturated heterocycles. The topological polar surface area (TPSA) is 65.8 Å². The molecule has 0 bridgehead atoms. The molecule has 9 heteroatoms. The molecular formula is C15H9Cl4N3OS. The van der Waals surface area contributed by atoms with Crippen LogP contribution < -0.4 is 5.32 Å². The molecule has 0 spiro atoms. The highest BCUT2D eigenvalue weighted by Gasteiger charge is 2.25. The highest BCUT2D eigenvalue weighted by atomic mass is 35.5. The molecule has 1 amide bonds. The number of nitriles is 1. The Hall–Kier alpha value is -1.03. The summed E-state index contributed by atoms with van der Waals surface area (Å²) in [5.41, 5.74) is 1.40. The molecule has 2 aromatic heterocycles. The number of rotatable bonds is 2. The number of aryl methyl sites for hydroxylation is 1. The molecule has 0 saturated carbocycles. The van der Waals surface area contributed by atoms with Gasteiger partial charge in [-0.25, -0.2) is 4.98 Å². The van der Waals surface area contributed by atoms with Crippen molar-refractivity contribution in [1.29, 1.82) is 5.26 Å². The van der Waals surface area contributed by atoms with Crippen LogP contribution in [0.3, 0.4) is 0 Å². The van der Waals surface area contributed by atoms with Gasteiger partial charge < -0.3 is 5.32 Å². The number of nitrogens with one attached hydrogen (secondary N) is 1. The zero-order chi connectivity index (χ0) is 17.4. The molecule has 0 aromatic carbocycles. The maximum absolute atomic E-state index is 12.5. The molecule has 0 aliphatic heterocycles. The lowest BCUT2D eigenvalue weighted by Crippen LogP contribution is -2.15. The highest BCUT2D eigenvalue weighted by Crippen LogP contribution is 2.39. The maximum Gasteiger partial charge on any atom is 0.276 e. The summed E-state index contributed by atoms with van der Waals surface area (Å²) in [6.07, 6.45) is 3.90. The number of amides is 1. The first-order chi connectivity index (χ1) is 11.4. The molecule has 1 N–H and O–H groups in total. The average molecular weight is 421 g/mol. The summed E-state index contributed by atoms with van der Waals surface area (Å²) < 4.78 is 0. The van der Waals surface area contributed by atoms with Crippen LogP contribution in [-0.4, -0.2) is 10.9 Å². The molecule has 0 atom stereocenters. The van der Waals surface area contributed by atoms with E-state index in [1.54, 1.807) is 0 Å². The summed E-state index contributed by atoms with van der Waals surface area (Å²) in [7, 11) is 0. The normalized spacial score (nSPS) is 13.3. The molecule has 0 radical (unpaired) electrons. The van der Waals surface area contributed by atoms with Crippen LogP contribution in [0.5, 0.6) is 0 Å². The van der Waals surface area contributed by atoms with Gasteiger partial charge in [-0.1, -0.05) is 46.4 Å². The fourth-order valence-electron chi connectivity index (χ4n) is 2.57. The van der Waals surface area contributed by atoms with Crippen molar-refractivity contribution >= 4 is 68.6 Å². The summed E-state index contributed by atoms with van der Waals surface area (Å²) in [6.45, 7) is 0. The van der Waals surface area contributed by atoms with Gasteiger partial charge >= 0.3 is 0 Å². The summed E-state index contributed by atoms with van der Waals surface area (Å²) in [5, 5.41) is 12.4. The number of aromatic nitrogens is 1. The van der Waals surface area contributed by atoms with Gasteiger partial charge in [0.1, 0.15) is 16.2 Å². The summed E-state index contributed by atoms with van der Waals surface area (Å²) in [5.74, 6) is -0.587. The largest absolute Gasteiger partial charge is 0.311 e. The van der Waals surface area contributed by atoms with Gasteiger partial charge in [0, 0.05) is 4.88 Å². The first-order valence-electron chi connectivity index (χ1n) is 7.00. The lowest BCUT2D eigenvalue weighted by Gasteiger charge is -2.09. The number of hydrogen-bond acceptors (Lipinski definition) is 4. The Labute approximate surface area is 162 Å². The van der Waals surface area contributed by atoms with Crippen molar-refractivity contribution in [3.63, 3.8) is 0 Å². The predicted octanol–water partition coefficient (Wildman–Crippen LogP) is 5.76. The molecule has 1 aliphatic carbocycles. The Balaban J connectivity index is 1.97. The Morgan fingerprint density at radius 2 is 1.83 bits per heavy atom. The van der Waals surface area contributed by atoms with E-state index in [2.05, 4.69) is 16.4 Å². The number of halogens is 4. The molecule has 4 nitrogen and oxygen atoms in total. The van der Waals surface area contributed by atoms with Gasteiger partial charge in [-0.3, -0.25) is 4.79 Å². The maximum atomic E-state index is 12.5. The van der Waals surface area contributed by atoms with E-state index in [1.165, 1.54) is 11.3 Å². The molecular weight excluding hydrogens is 412 g/mol. The number of fused-ring (bicyclic) bond motifs is 1. The van der Waals surface area contributed by atoms with E-state index in [-0.39, 0.29) is 25.9 Å². The fraction of sp³-hybridized carbons (Fsp3) is 0.267. The molecule has 24 heavy (non-hydrogen) atoms. The Morgan fingerprint density at radius 1 is 1.12 bits per heavy atom. The quantitative estimate of drug-likeness (QED) is 0.628. The minimum atomic E-state index is -0.587. The number of thiophene rings is 1. The third-order valence-corrected chi connectivity index (χ3v) is 6.59. The summed E-state index contributed by atoms with van der Waals surface area (Å²) >= 11 is 25.1. The smallest absolute Gasteiger partial charge is 0.276 e. The van der Waals surface area contributed by atoms with E-state index in [0.29, 0.717) is 10.6 Å². The number of carbonyl (C=O) groups excluding carboxylic acids is 1. The van der Waals surface area contributed by atoms with E-state index >= 15 is 0 Å². The number of carbonyl (C=O) groups is 1. The van der Waals surface area contributed by atoms with E-state index in [0.717, 1.165) is 36.1 Å².